The Morgan fingerprint density at radius 3 is 2.57 bits per heavy atom. The third-order valence-corrected chi connectivity index (χ3v) is 3.41. The van der Waals surface area contributed by atoms with E-state index in [1.165, 1.54) is 13.2 Å². The highest BCUT2D eigenvalue weighted by Gasteiger charge is 2.15. The maximum Gasteiger partial charge on any atom is 0.342 e. The molecule has 23 heavy (non-hydrogen) atoms. The summed E-state index contributed by atoms with van der Waals surface area (Å²) >= 11 is 11.7. The second-order valence-electron chi connectivity index (χ2n) is 4.45. The highest BCUT2D eigenvalue weighted by Crippen LogP contribution is 2.25. The molecule has 7 heteroatoms. The fourth-order valence-electron chi connectivity index (χ4n) is 1.80. The van der Waals surface area contributed by atoms with Gasteiger partial charge in [0, 0.05) is 5.02 Å². The van der Waals surface area contributed by atoms with E-state index in [9.17, 15) is 9.59 Å². The monoisotopic (exact) mass is 353 g/mol. The molecule has 0 atom stereocenters. The van der Waals surface area contributed by atoms with Crippen LogP contribution in [0.4, 0.5) is 5.69 Å². The maximum absolute atomic E-state index is 12.0. The Labute approximate surface area is 143 Å². The molecule has 120 valence electrons. The lowest BCUT2D eigenvalue weighted by molar-refractivity contribution is -0.119. The van der Waals surface area contributed by atoms with Crippen LogP contribution in [0.25, 0.3) is 0 Å². The van der Waals surface area contributed by atoms with Crippen molar-refractivity contribution in [1.29, 1.82) is 0 Å². The van der Waals surface area contributed by atoms with E-state index < -0.39 is 18.5 Å². The molecule has 0 bridgehead atoms. The van der Waals surface area contributed by atoms with Crippen molar-refractivity contribution in [3.63, 3.8) is 0 Å². The summed E-state index contributed by atoms with van der Waals surface area (Å²) in [5, 5.41) is 3.28. The number of anilines is 1. The summed E-state index contributed by atoms with van der Waals surface area (Å²) in [4.78, 5) is 23.8. The summed E-state index contributed by atoms with van der Waals surface area (Å²) in [5.74, 6) is -0.795. The molecule has 2 rings (SSSR count). The summed E-state index contributed by atoms with van der Waals surface area (Å²) in [5.41, 5.74) is 0.627. The van der Waals surface area contributed by atoms with Gasteiger partial charge in [-0.2, -0.15) is 0 Å². The molecule has 1 N–H and O–H groups in total. The van der Waals surface area contributed by atoms with Gasteiger partial charge in [0.25, 0.3) is 5.91 Å². The van der Waals surface area contributed by atoms with Gasteiger partial charge in [0.2, 0.25) is 0 Å². The summed E-state index contributed by atoms with van der Waals surface area (Å²) < 4.78 is 10.0. The van der Waals surface area contributed by atoms with Crippen LogP contribution in [0.1, 0.15) is 10.4 Å². The van der Waals surface area contributed by atoms with Gasteiger partial charge in [0.15, 0.2) is 6.61 Å². The quantitative estimate of drug-likeness (QED) is 0.830. The van der Waals surface area contributed by atoms with Crippen LogP contribution in [-0.4, -0.2) is 25.6 Å². The van der Waals surface area contributed by atoms with Crippen molar-refractivity contribution in [2.75, 3.05) is 19.0 Å². The number of halogens is 2. The fourth-order valence-corrected chi connectivity index (χ4v) is 2.25. The fraction of sp³-hybridized carbons (Fsp3) is 0.125. The van der Waals surface area contributed by atoms with E-state index in [0.29, 0.717) is 21.5 Å². The maximum atomic E-state index is 12.0. The smallest absolute Gasteiger partial charge is 0.342 e. The van der Waals surface area contributed by atoms with Crippen molar-refractivity contribution in [3.8, 4) is 5.75 Å². The molecule has 0 saturated carbocycles. The van der Waals surface area contributed by atoms with Crippen molar-refractivity contribution in [1.82, 2.24) is 0 Å². The normalized spacial score (nSPS) is 10.0. The molecular weight excluding hydrogens is 341 g/mol. The number of methoxy groups -OCH3 is 1. The van der Waals surface area contributed by atoms with Gasteiger partial charge in [-0.25, -0.2) is 4.79 Å². The highest BCUT2D eigenvalue weighted by atomic mass is 35.5. The number of hydrogen-bond donors (Lipinski definition) is 1. The molecular formula is C16H13Cl2NO4. The van der Waals surface area contributed by atoms with E-state index in [2.05, 4.69) is 5.32 Å². The van der Waals surface area contributed by atoms with Crippen LogP contribution in [0.2, 0.25) is 10.0 Å². The first kappa shape index (κ1) is 17.1. The Hall–Kier alpha value is -2.24. The number of benzene rings is 2. The van der Waals surface area contributed by atoms with Gasteiger partial charge in [0.1, 0.15) is 11.3 Å². The first-order valence-corrected chi connectivity index (χ1v) is 7.32. The average molecular weight is 354 g/mol. The minimum atomic E-state index is -0.653. The topological polar surface area (TPSA) is 64.6 Å². The van der Waals surface area contributed by atoms with Crippen molar-refractivity contribution in [2.24, 2.45) is 0 Å². The van der Waals surface area contributed by atoms with Crippen LogP contribution in [0.5, 0.6) is 5.75 Å². The predicted octanol–water partition coefficient (Wildman–Crippen LogP) is 3.80. The molecule has 0 radical (unpaired) electrons. The lowest BCUT2D eigenvalue weighted by Crippen LogP contribution is -2.21. The number of rotatable bonds is 5. The molecule has 0 fully saturated rings. The van der Waals surface area contributed by atoms with E-state index >= 15 is 0 Å². The largest absolute Gasteiger partial charge is 0.496 e. The third kappa shape index (κ3) is 4.61. The molecule has 0 saturated heterocycles. The van der Waals surface area contributed by atoms with Crippen LogP contribution in [-0.2, 0) is 9.53 Å². The van der Waals surface area contributed by atoms with E-state index in [4.69, 9.17) is 32.7 Å². The summed E-state index contributed by atoms with van der Waals surface area (Å²) in [6.45, 7) is -0.449. The van der Waals surface area contributed by atoms with E-state index in [0.717, 1.165) is 0 Å². The van der Waals surface area contributed by atoms with E-state index in [-0.39, 0.29) is 5.56 Å². The summed E-state index contributed by atoms with van der Waals surface area (Å²) in [6.07, 6.45) is 0. The first-order chi connectivity index (χ1) is 11.0. The van der Waals surface area contributed by atoms with E-state index in [1.54, 1.807) is 36.4 Å². The van der Waals surface area contributed by atoms with Crippen LogP contribution >= 0.6 is 23.2 Å². The Morgan fingerprint density at radius 1 is 1.13 bits per heavy atom. The average Bonchev–Trinajstić information content (AvgIpc) is 2.55. The number of esters is 1. The molecule has 0 aliphatic rings. The number of hydrogen-bond acceptors (Lipinski definition) is 4. The van der Waals surface area contributed by atoms with Gasteiger partial charge in [-0.3, -0.25) is 4.79 Å². The van der Waals surface area contributed by atoms with Crippen LogP contribution in [0.15, 0.2) is 42.5 Å². The predicted molar refractivity (Wildman–Crippen MR) is 88.4 cm³/mol. The highest BCUT2D eigenvalue weighted by molar-refractivity contribution is 6.36. The molecule has 5 nitrogen and oxygen atoms in total. The lowest BCUT2D eigenvalue weighted by atomic mass is 10.2. The number of ether oxygens (including phenoxy) is 2. The standard InChI is InChI=1S/C16H13Cl2NO4/c1-22-14-5-3-2-4-11(14)16(21)23-9-15(20)19-13-7-6-10(17)8-12(13)18/h2-8H,9H2,1H3,(H,19,20). The zero-order chi connectivity index (χ0) is 16.8. The first-order valence-electron chi connectivity index (χ1n) is 6.56. The van der Waals surface area contributed by atoms with Crippen LogP contribution < -0.4 is 10.1 Å². The Balaban J connectivity index is 1.95. The van der Waals surface area contributed by atoms with Gasteiger partial charge in [0.05, 0.1) is 17.8 Å². The molecule has 2 aromatic rings. The van der Waals surface area contributed by atoms with Gasteiger partial charge in [-0.05, 0) is 30.3 Å². The second-order valence-corrected chi connectivity index (χ2v) is 5.29. The molecule has 0 aliphatic heterocycles. The number of amides is 1. The van der Waals surface area contributed by atoms with E-state index in [1.807, 2.05) is 0 Å². The molecule has 0 heterocycles. The van der Waals surface area contributed by atoms with Gasteiger partial charge in [-0.1, -0.05) is 35.3 Å². The molecule has 0 unspecified atom stereocenters. The molecule has 0 aromatic heterocycles. The molecule has 1 amide bonds. The Bertz CT molecular complexity index is 734. The zero-order valence-corrected chi connectivity index (χ0v) is 13.6. The van der Waals surface area contributed by atoms with Crippen LogP contribution in [0, 0.1) is 0 Å². The number of para-hydroxylation sites is 1. The summed E-state index contributed by atoms with van der Waals surface area (Å²) in [7, 11) is 1.45. The lowest BCUT2D eigenvalue weighted by Gasteiger charge is -2.10. The summed E-state index contributed by atoms with van der Waals surface area (Å²) in [6, 6.07) is 11.2. The van der Waals surface area contributed by atoms with Crippen molar-refractivity contribution < 1.29 is 19.1 Å². The SMILES string of the molecule is COc1ccccc1C(=O)OCC(=O)Nc1ccc(Cl)cc1Cl. The number of carbonyl (C=O) groups excluding carboxylic acids is 2. The second kappa shape index (κ2) is 7.85. The molecule has 0 aliphatic carbocycles. The molecule has 0 spiro atoms. The number of nitrogens with one attached hydrogen (secondary N) is 1. The minimum absolute atomic E-state index is 0.243. The minimum Gasteiger partial charge on any atom is -0.496 e. The van der Waals surface area contributed by atoms with Gasteiger partial charge < -0.3 is 14.8 Å². The molecule has 2 aromatic carbocycles. The van der Waals surface area contributed by atoms with Gasteiger partial charge >= 0.3 is 5.97 Å². The third-order valence-electron chi connectivity index (χ3n) is 2.87. The number of carbonyl (C=O) groups is 2. The van der Waals surface area contributed by atoms with Crippen LogP contribution in [0.3, 0.4) is 0 Å². The Kier molecular flexibility index (Phi) is 5.84. The zero-order valence-electron chi connectivity index (χ0n) is 12.1. The van der Waals surface area contributed by atoms with Crippen molar-refractivity contribution >= 4 is 40.8 Å². The Morgan fingerprint density at radius 2 is 1.87 bits per heavy atom. The van der Waals surface area contributed by atoms with Crippen molar-refractivity contribution in [2.45, 2.75) is 0 Å². The van der Waals surface area contributed by atoms with Gasteiger partial charge in [-0.15, -0.1) is 0 Å². The van der Waals surface area contributed by atoms with Crippen molar-refractivity contribution in [3.05, 3.63) is 58.1 Å².